The van der Waals surface area contributed by atoms with Crippen LogP contribution in [0.25, 0.3) is 0 Å². The van der Waals surface area contributed by atoms with Gasteiger partial charge in [-0.2, -0.15) is 0 Å². The van der Waals surface area contributed by atoms with Crippen LogP contribution in [0.15, 0.2) is 77.3 Å². The summed E-state index contributed by atoms with van der Waals surface area (Å²) in [5.41, 5.74) is 2.56. The molecule has 3 aromatic rings. The normalized spacial score (nSPS) is 10.2. The fourth-order valence-corrected chi connectivity index (χ4v) is 3.75. The smallest absolute Gasteiger partial charge is 0.257 e. The van der Waals surface area contributed by atoms with E-state index in [-0.39, 0.29) is 16.9 Å². The number of ether oxygens (including phenoxy) is 1. The maximum absolute atomic E-state index is 12.6. The molecule has 2 amide bonds. The van der Waals surface area contributed by atoms with Crippen molar-refractivity contribution >= 4 is 50.8 Å². The molecule has 0 bridgehead atoms. The Labute approximate surface area is 206 Å². The number of rotatable bonds is 8. The second-order valence-electron chi connectivity index (χ2n) is 7.04. The summed E-state index contributed by atoms with van der Waals surface area (Å²) in [5, 5.41) is 8.41. The van der Waals surface area contributed by atoms with Gasteiger partial charge in [-0.15, -0.1) is 0 Å². The first-order chi connectivity index (χ1) is 16.0. The lowest BCUT2D eigenvalue weighted by molar-refractivity contribution is 0.0954. The number of amides is 2. The summed E-state index contributed by atoms with van der Waals surface area (Å²) in [6, 6.07) is 22.1. The van der Waals surface area contributed by atoms with E-state index >= 15 is 0 Å². The van der Waals surface area contributed by atoms with Crippen LogP contribution in [-0.2, 0) is 6.42 Å². The number of halogens is 1. The van der Waals surface area contributed by atoms with Gasteiger partial charge in [0.1, 0.15) is 5.75 Å². The molecule has 3 aromatic carbocycles. The van der Waals surface area contributed by atoms with Crippen LogP contribution in [0, 0.1) is 0 Å². The average Bonchev–Trinajstić information content (AvgIpc) is 2.81. The molecule has 0 saturated carbocycles. The van der Waals surface area contributed by atoms with Gasteiger partial charge in [-0.25, -0.2) is 0 Å². The van der Waals surface area contributed by atoms with Gasteiger partial charge in [0.25, 0.3) is 11.8 Å². The molecule has 0 aliphatic heterocycles. The summed E-state index contributed by atoms with van der Waals surface area (Å²) in [5.74, 6) is 0.0556. The summed E-state index contributed by atoms with van der Waals surface area (Å²) in [7, 11) is 0. The van der Waals surface area contributed by atoms with Crippen LogP contribution in [0.4, 0.5) is 5.69 Å². The Bertz CT molecular complexity index is 1140. The second-order valence-corrected chi connectivity index (χ2v) is 8.31. The van der Waals surface area contributed by atoms with E-state index in [1.54, 1.807) is 42.5 Å². The highest BCUT2D eigenvalue weighted by Gasteiger charge is 2.14. The van der Waals surface area contributed by atoms with Gasteiger partial charge in [0, 0.05) is 18.5 Å². The third kappa shape index (κ3) is 7.13. The molecule has 0 atom stereocenters. The molecule has 6 nitrogen and oxygen atoms in total. The Kier molecular flexibility index (Phi) is 8.97. The Balaban J connectivity index is 1.57. The number of thiocarbonyl (C=S) groups is 1. The van der Waals surface area contributed by atoms with Gasteiger partial charge in [0.15, 0.2) is 5.11 Å². The van der Waals surface area contributed by atoms with Crippen LogP contribution >= 0.6 is 28.1 Å². The van der Waals surface area contributed by atoms with Crippen molar-refractivity contribution in [3.63, 3.8) is 0 Å². The molecular weight excluding hydrogens is 502 g/mol. The minimum atomic E-state index is -0.375. The van der Waals surface area contributed by atoms with Gasteiger partial charge in [-0.3, -0.25) is 14.9 Å². The van der Waals surface area contributed by atoms with E-state index in [4.69, 9.17) is 17.0 Å². The molecule has 3 N–H and O–H groups in total. The largest absolute Gasteiger partial charge is 0.492 e. The third-order valence-corrected chi connectivity index (χ3v) is 5.49. The molecule has 0 heterocycles. The topological polar surface area (TPSA) is 79.5 Å². The zero-order valence-corrected chi connectivity index (χ0v) is 20.5. The summed E-state index contributed by atoms with van der Waals surface area (Å²) in [6.07, 6.45) is 0.785. The molecule has 8 heteroatoms. The van der Waals surface area contributed by atoms with Crippen molar-refractivity contribution in [1.82, 2.24) is 10.6 Å². The number of para-hydroxylation sites is 1. The number of carbonyl (C=O) groups is 2. The minimum Gasteiger partial charge on any atom is -0.492 e. The van der Waals surface area contributed by atoms with Crippen molar-refractivity contribution < 1.29 is 14.3 Å². The lowest BCUT2D eigenvalue weighted by atomic mass is 10.1. The molecule has 0 fully saturated rings. The van der Waals surface area contributed by atoms with Crippen LogP contribution in [0.2, 0.25) is 0 Å². The van der Waals surface area contributed by atoms with Crippen LogP contribution < -0.4 is 20.7 Å². The number of anilines is 1. The van der Waals surface area contributed by atoms with Crippen molar-refractivity contribution in [3.8, 4) is 5.75 Å². The maximum atomic E-state index is 12.6. The van der Waals surface area contributed by atoms with E-state index in [1.165, 1.54) is 5.56 Å². The van der Waals surface area contributed by atoms with E-state index in [0.29, 0.717) is 40.2 Å². The summed E-state index contributed by atoms with van der Waals surface area (Å²) in [6.45, 7) is 2.87. The summed E-state index contributed by atoms with van der Waals surface area (Å²) < 4.78 is 6.51. The first-order valence-corrected chi connectivity index (χ1v) is 11.6. The molecule has 170 valence electrons. The predicted octanol–water partition coefficient (Wildman–Crippen LogP) is 4.95. The molecule has 0 unspecified atom stereocenters. The zero-order valence-electron chi connectivity index (χ0n) is 18.1. The van der Waals surface area contributed by atoms with Crippen molar-refractivity contribution in [3.05, 3.63) is 94.0 Å². The fraction of sp³-hybridized carbons (Fsp3) is 0.160. The van der Waals surface area contributed by atoms with E-state index in [9.17, 15) is 9.59 Å². The number of hydrogen-bond donors (Lipinski definition) is 3. The molecular formula is C25H24BrN3O3S. The third-order valence-electron chi connectivity index (χ3n) is 4.67. The number of hydrogen-bond acceptors (Lipinski definition) is 4. The SMILES string of the molecule is CCNC(=O)c1ccccc1NC(=S)NC(=O)c1ccc(OCCc2ccccc2)c(Br)c1. The van der Waals surface area contributed by atoms with Crippen molar-refractivity contribution in [1.29, 1.82) is 0 Å². The van der Waals surface area contributed by atoms with E-state index in [1.807, 2.05) is 25.1 Å². The molecule has 0 aliphatic rings. The molecule has 0 aliphatic carbocycles. The highest BCUT2D eigenvalue weighted by Crippen LogP contribution is 2.26. The van der Waals surface area contributed by atoms with E-state index in [0.717, 1.165) is 6.42 Å². The van der Waals surface area contributed by atoms with Crippen LogP contribution in [0.5, 0.6) is 5.75 Å². The Morgan fingerprint density at radius 1 is 0.970 bits per heavy atom. The molecule has 0 spiro atoms. The van der Waals surface area contributed by atoms with Crippen LogP contribution in [0.3, 0.4) is 0 Å². The van der Waals surface area contributed by atoms with Crippen LogP contribution in [0.1, 0.15) is 33.2 Å². The van der Waals surface area contributed by atoms with E-state index in [2.05, 4.69) is 44.0 Å². The highest BCUT2D eigenvalue weighted by molar-refractivity contribution is 9.10. The summed E-state index contributed by atoms with van der Waals surface area (Å²) >= 11 is 8.74. The fourth-order valence-electron chi connectivity index (χ4n) is 3.06. The highest BCUT2D eigenvalue weighted by atomic mass is 79.9. The summed E-state index contributed by atoms with van der Waals surface area (Å²) in [4.78, 5) is 24.9. The number of carbonyl (C=O) groups excluding carboxylic acids is 2. The lowest BCUT2D eigenvalue weighted by Crippen LogP contribution is -2.35. The molecule has 33 heavy (non-hydrogen) atoms. The standard InChI is InChI=1S/C25H24BrN3O3S/c1-2-27-24(31)19-10-6-7-11-21(19)28-25(33)29-23(30)18-12-13-22(20(26)16-18)32-15-14-17-8-4-3-5-9-17/h3-13,16H,2,14-15H2,1H3,(H,27,31)(H2,28,29,30,33). The van der Waals surface area contributed by atoms with Gasteiger partial charge < -0.3 is 15.4 Å². The Hall–Kier alpha value is -3.23. The van der Waals surface area contributed by atoms with Gasteiger partial charge in [0.2, 0.25) is 0 Å². The van der Waals surface area contributed by atoms with E-state index < -0.39 is 0 Å². The average molecular weight is 526 g/mol. The monoisotopic (exact) mass is 525 g/mol. The Morgan fingerprint density at radius 2 is 1.70 bits per heavy atom. The second kappa shape index (κ2) is 12.1. The van der Waals surface area contributed by atoms with Crippen molar-refractivity contribution in [2.24, 2.45) is 0 Å². The first kappa shape index (κ1) is 24.4. The molecule has 0 saturated heterocycles. The quantitative estimate of drug-likeness (QED) is 0.362. The number of nitrogens with one attached hydrogen (secondary N) is 3. The zero-order chi connectivity index (χ0) is 23.6. The van der Waals surface area contributed by atoms with Gasteiger partial charge in [-0.05, 0) is 71.0 Å². The molecule has 0 aromatic heterocycles. The van der Waals surface area contributed by atoms with Crippen molar-refractivity contribution in [2.75, 3.05) is 18.5 Å². The van der Waals surface area contributed by atoms with Gasteiger partial charge in [-0.1, -0.05) is 42.5 Å². The first-order valence-electron chi connectivity index (χ1n) is 10.4. The van der Waals surface area contributed by atoms with Gasteiger partial charge >= 0.3 is 0 Å². The van der Waals surface area contributed by atoms with Crippen molar-refractivity contribution in [2.45, 2.75) is 13.3 Å². The predicted molar refractivity (Wildman–Crippen MR) is 138 cm³/mol. The Morgan fingerprint density at radius 3 is 2.42 bits per heavy atom. The minimum absolute atomic E-state index is 0.0936. The van der Waals surface area contributed by atoms with Crippen LogP contribution in [-0.4, -0.2) is 30.1 Å². The molecule has 3 rings (SSSR count). The number of benzene rings is 3. The molecule has 0 radical (unpaired) electrons. The van der Waals surface area contributed by atoms with Gasteiger partial charge in [0.05, 0.1) is 22.3 Å². The maximum Gasteiger partial charge on any atom is 0.257 e. The lowest BCUT2D eigenvalue weighted by Gasteiger charge is -2.14.